The Bertz CT molecular complexity index is 719. The highest BCUT2D eigenvalue weighted by atomic mass is 16.2. The summed E-state index contributed by atoms with van der Waals surface area (Å²) in [4.78, 5) is 39.6. The lowest BCUT2D eigenvalue weighted by atomic mass is 9.96. The number of carbonyl (C=O) groups is 3. The van der Waals surface area contributed by atoms with Gasteiger partial charge in [-0.2, -0.15) is 0 Å². The molecule has 2 aliphatic rings. The Balaban J connectivity index is 1.51. The van der Waals surface area contributed by atoms with E-state index in [0.29, 0.717) is 38.9 Å². The van der Waals surface area contributed by atoms with Crippen molar-refractivity contribution in [1.82, 2.24) is 10.2 Å². The zero-order valence-electron chi connectivity index (χ0n) is 15.8. The number of piperidine rings is 1. The Labute approximate surface area is 160 Å². The molecule has 0 aliphatic carbocycles. The summed E-state index contributed by atoms with van der Waals surface area (Å²) in [6, 6.07) is 7.69. The van der Waals surface area contributed by atoms with Gasteiger partial charge >= 0.3 is 0 Å². The second-order valence-electron chi connectivity index (χ2n) is 7.07. The molecule has 0 bridgehead atoms. The third kappa shape index (κ3) is 4.76. The average Bonchev–Trinajstić information content (AvgIpc) is 3.13. The van der Waals surface area contributed by atoms with E-state index in [-0.39, 0.29) is 23.6 Å². The second kappa shape index (κ2) is 8.84. The lowest BCUT2D eigenvalue weighted by Gasteiger charge is -2.30. The molecule has 3 amide bonds. The van der Waals surface area contributed by atoms with Crippen LogP contribution in [0.3, 0.4) is 0 Å². The molecule has 0 spiro atoms. The molecule has 2 fully saturated rings. The van der Waals surface area contributed by atoms with Crippen molar-refractivity contribution in [2.24, 2.45) is 5.92 Å². The normalized spacial score (nSPS) is 18.3. The molecule has 0 saturated carbocycles. The van der Waals surface area contributed by atoms with Crippen LogP contribution in [-0.2, 0) is 14.4 Å². The van der Waals surface area contributed by atoms with Crippen LogP contribution in [0.15, 0.2) is 30.3 Å². The maximum Gasteiger partial charge on any atom is 0.246 e. The van der Waals surface area contributed by atoms with Crippen molar-refractivity contribution >= 4 is 29.5 Å². The predicted octanol–water partition coefficient (Wildman–Crippen LogP) is 2.20. The van der Waals surface area contributed by atoms with E-state index in [0.717, 1.165) is 24.2 Å². The van der Waals surface area contributed by atoms with Crippen LogP contribution < -0.4 is 10.2 Å². The van der Waals surface area contributed by atoms with Gasteiger partial charge in [0.25, 0.3) is 0 Å². The summed E-state index contributed by atoms with van der Waals surface area (Å²) < 4.78 is 0. The first kappa shape index (κ1) is 19.1. The first-order valence-electron chi connectivity index (χ1n) is 9.73. The van der Waals surface area contributed by atoms with Crippen molar-refractivity contribution in [2.45, 2.75) is 32.6 Å². The summed E-state index contributed by atoms with van der Waals surface area (Å²) in [7, 11) is 0. The van der Waals surface area contributed by atoms with E-state index in [1.807, 2.05) is 31.2 Å². The van der Waals surface area contributed by atoms with Crippen LogP contribution >= 0.6 is 0 Å². The monoisotopic (exact) mass is 369 g/mol. The van der Waals surface area contributed by atoms with Crippen LogP contribution in [0, 0.1) is 5.92 Å². The van der Waals surface area contributed by atoms with E-state index < -0.39 is 0 Å². The van der Waals surface area contributed by atoms with Crippen molar-refractivity contribution in [3.05, 3.63) is 35.9 Å². The molecule has 144 valence electrons. The summed E-state index contributed by atoms with van der Waals surface area (Å²) in [5, 5.41) is 2.85. The number of nitrogens with one attached hydrogen (secondary N) is 1. The Morgan fingerprint density at radius 1 is 1.15 bits per heavy atom. The zero-order chi connectivity index (χ0) is 19.2. The van der Waals surface area contributed by atoms with Gasteiger partial charge in [0.15, 0.2) is 0 Å². The predicted molar refractivity (Wildman–Crippen MR) is 105 cm³/mol. The Morgan fingerprint density at radius 3 is 2.44 bits per heavy atom. The Kier molecular flexibility index (Phi) is 6.27. The lowest BCUT2D eigenvalue weighted by molar-refractivity contribution is -0.132. The maximum absolute atomic E-state index is 12.4. The molecule has 3 rings (SSSR count). The fourth-order valence-electron chi connectivity index (χ4n) is 3.64. The summed E-state index contributed by atoms with van der Waals surface area (Å²) in [5.41, 5.74) is 1.84. The van der Waals surface area contributed by atoms with Gasteiger partial charge in [-0.05, 0) is 50.0 Å². The molecular weight excluding hydrogens is 342 g/mol. The standard InChI is InChI=1S/C21H27N3O3/c1-2-22-21(27)17-11-14-23(15-12-17)19(25)10-7-16-5-8-18(9-6-16)24-13-3-4-20(24)26/h5-10,17H,2-4,11-15H2,1H3,(H,22,27)/b10-7+. The van der Waals surface area contributed by atoms with E-state index in [2.05, 4.69) is 5.32 Å². The SMILES string of the molecule is CCNC(=O)C1CCN(C(=O)/C=C/c2ccc(N3CCCC3=O)cc2)CC1. The number of rotatable bonds is 5. The van der Waals surface area contributed by atoms with E-state index >= 15 is 0 Å². The molecule has 1 aromatic rings. The van der Waals surface area contributed by atoms with Gasteiger partial charge in [0, 0.05) is 50.3 Å². The van der Waals surface area contributed by atoms with Gasteiger partial charge in [0.05, 0.1) is 0 Å². The number of hydrogen-bond donors (Lipinski definition) is 1. The number of benzene rings is 1. The highest BCUT2D eigenvalue weighted by Crippen LogP contribution is 2.22. The average molecular weight is 369 g/mol. The van der Waals surface area contributed by atoms with E-state index in [9.17, 15) is 14.4 Å². The fourth-order valence-corrected chi connectivity index (χ4v) is 3.64. The quantitative estimate of drug-likeness (QED) is 0.809. The third-order valence-electron chi connectivity index (χ3n) is 5.22. The van der Waals surface area contributed by atoms with Crippen molar-refractivity contribution in [3.63, 3.8) is 0 Å². The first-order chi connectivity index (χ1) is 13.1. The third-order valence-corrected chi connectivity index (χ3v) is 5.22. The highest BCUT2D eigenvalue weighted by molar-refractivity contribution is 5.95. The number of nitrogens with zero attached hydrogens (tertiary/aromatic N) is 2. The summed E-state index contributed by atoms with van der Waals surface area (Å²) in [5.74, 6) is 0.253. The summed E-state index contributed by atoms with van der Waals surface area (Å²) in [6.45, 7) is 4.56. The minimum Gasteiger partial charge on any atom is -0.356 e. The molecule has 2 aliphatic heterocycles. The van der Waals surface area contributed by atoms with Gasteiger partial charge in [-0.15, -0.1) is 0 Å². The Morgan fingerprint density at radius 2 is 1.85 bits per heavy atom. The van der Waals surface area contributed by atoms with Crippen molar-refractivity contribution in [1.29, 1.82) is 0 Å². The minimum atomic E-state index is -0.0249. The van der Waals surface area contributed by atoms with Gasteiger partial charge in [-0.3, -0.25) is 14.4 Å². The lowest BCUT2D eigenvalue weighted by Crippen LogP contribution is -2.42. The van der Waals surface area contributed by atoms with Gasteiger partial charge < -0.3 is 15.1 Å². The van der Waals surface area contributed by atoms with Crippen LogP contribution in [0.2, 0.25) is 0 Å². The molecule has 2 saturated heterocycles. The van der Waals surface area contributed by atoms with Crippen LogP contribution in [0.4, 0.5) is 5.69 Å². The van der Waals surface area contributed by atoms with Gasteiger partial charge in [-0.1, -0.05) is 12.1 Å². The molecule has 0 aromatic heterocycles. The van der Waals surface area contributed by atoms with Crippen LogP contribution in [0.25, 0.3) is 6.08 Å². The highest BCUT2D eigenvalue weighted by Gasteiger charge is 2.26. The molecule has 0 unspecified atom stereocenters. The Hall–Kier alpha value is -2.63. The second-order valence-corrected chi connectivity index (χ2v) is 7.07. The molecule has 1 N–H and O–H groups in total. The number of anilines is 1. The number of hydrogen-bond acceptors (Lipinski definition) is 3. The van der Waals surface area contributed by atoms with Gasteiger partial charge in [0.2, 0.25) is 17.7 Å². The fraction of sp³-hybridized carbons (Fsp3) is 0.476. The number of amides is 3. The summed E-state index contributed by atoms with van der Waals surface area (Å²) >= 11 is 0. The van der Waals surface area contributed by atoms with Crippen LogP contribution in [-0.4, -0.2) is 48.8 Å². The molecule has 2 heterocycles. The van der Waals surface area contributed by atoms with E-state index in [4.69, 9.17) is 0 Å². The molecule has 1 aromatic carbocycles. The molecular formula is C21H27N3O3. The topological polar surface area (TPSA) is 69.7 Å². The molecule has 0 radical (unpaired) electrons. The van der Waals surface area contributed by atoms with Crippen molar-refractivity contribution < 1.29 is 14.4 Å². The van der Waals surface area contributed by atoms with Crippen LogP contribution in [0.5, 0.6) is 0 Å². The van der Waals surface area contributed by atoms with Gasteiger partial charge in [0.1, 0.15) is 0 Å². The molecule has 0 atom stereocenters. The largest absolute Gasteiger partial charge is 0.356 e. The smallest absolute Gasteiger partial charge is 0.246 e. The van der Waals surface area contributed by atoms with Gasteiger partial charge in [-0.25, -0.2) is 0 Å². The number of carbonyl (C=O) groups excluding carboxylic acids is 3. The summed E-state index contributed by atoms with van der Waals surface area (Å²) in [6.07, 6.45) is 6.34. The van der Waals surface area contributed by atoms with Crippen molar-refractivity contribution in [2.75, 3.05) is 31.1 Å². The minimum absolute atomic E-state index is 0.0128. The molecule has 6 nitrogen and oxygen atoms in total. The number of likely N-dealkylation sites (tertiary alicyclic amines) is 1. The van der Waals surface area contributed by atoms with Crippen LogP contribution in [0.1, 0.15) is 38.2 Å². The van der Waals surface area contributed by atoms with Crippen molar-refractivity contribution in [3.8, 4) is 0 Å². The maximum atomic E-state index is 12.4. The molecule has 6 heteroatoms. The zero-order valence-corrected chi connectivity index (χ0v) is 15.8. The molecule has 27 heavy (non-hydrogen) atoms. The van der Waals surface area contributed by atoms with E-state index in [1.54, 1.807) is 22.0 Å². The first-order valence-corrected chi connectivity index (χ1v) is 9.73. The van der Waals surface area contributed by atoms with E-state index in [1.165, 1.54) is 0 Å².